The second kappa shape index (κ2) is 6.44. The minimum absolute atomic E-state index is 0.658. The highest BCUT2D eigenvalue weighted by atomic mass is 14.9. The van der Waals surface area contributed by atoms with E-state index in [1.54, 1.807) is 0 Å². The largest absolute Gasteiger partial charge is 0.316 e. The van der Waals surface area contributed by atoms with Gasteiger partial charge in [0.15, 0.2) is 0 Å². The molecule has 1 nitrogen and oxygen atoms in total. The minimum atomic E-state index is 0.658. The summed E-state index contributed by atoms with van der Waals surface area (Å²) in [7, 11) is 2.10. The van der Waals surface area contributed by atoms with Gasteiger partial charge in [-0.1, -0.05) is 19.4 Å². The van der Waals surface area contributed by atoms with Gasteiger partial charge in [-0.3, -0.25) is 0 Å². The SMILES string of the molecule is C=C(C)CC(NC)C1CCC(C(C)C)CC1. The summed E-state index contributed by atoms with van der Waals surface area (Å²) >= 11 is 0. The van der Waals surface area contributed by atoms with Gasteiger partial charge in [0.2, 0.25) is 0 Å². The van der Waals surface area contributed by atoms with Gasteiger partial charge in [0.05, 0.1) is 0 Å². The first-order valence-electron chi connectivity index (χ1n) is 6.86. The summed E-state index contributed by atoms with van der Waals surface area (Å²) in [6, 6.07) is 0.658. The van der Waals surface area contributed by atoms with Crippen LogP contribution in [0.25, 0.3) is 0 Å². The molecular formula is C15H29N. The van der Waals surface area contributed by atoms with E-state index in [-0.39, 0.29) is 0 Å². The minimum Gasteiger partial charge on any atom is -0.316 e. The molecule has 0 amide bonds. The normalized spacial score (nSPS) is 28.1. The standard InChI is InChI=1S/C15H29N/c1-11(2)10-15(16-5)14-8-6-13(7-9-14)12(3)4/h12-16H,1,6-10H2,2-5H3. The molecule has 1 saturated carbocycles. The van der Waals surface area contributed by atoms with Crippen molar-refractivity contribution in [3.63, 3.8) is 0 Å². The predicted molar refractivity (Wildman–Crippen MR) is 72.6 cm³/mol. The zero-order valence-corrected chi connectivity index (χ0v) is 11.6. The van der Waals surface area contributed by atoms with Gasteiger partial charge in [-0.25, -0.2) is 0 Å². The van der Waals surface area contributed by atoms with Gasteiger partial charge in [-0.05, 0) is 63.8 Å². The Morgan fingerprint density at radius 2 is 1.69 bits per heavy atom. The molecule has 0 aromatic heterocycles. The Labute approximate surface area is 102 Å². The molecule has 0 heterocycles. The molecule has 1 N–H and O–H groups in total. The second-order valence-electron chi connectivity index (χ2n) is 5.98. The van der Waals surface area contributed by atoms with Crippen LogP contribution in [0.2, 0.25) is 0 Å². The predicted octanol–water partition coefficient (Wildman–Crippen LogP) is 4.00. The zero-order chi connectivity index (χ0) is 12.1. The maximum atomic E-state index is 4.04. The Morgan fingerprint density at radius 1 is 1.19 bits per heavy atom. The first-order valence-corrected chi connectivity index (χ1v) is 6.86. The van der Waals surface area contributed by atoms with E-state index in [0.29, 0.717) is 6.04 Å². The lowest BCUT2D eigenvalue weighted by Gasteiger charge is -2.35. The van der Waals surface area contributed by atoms with E-state index >= 15 is 0 Å². The molecule has 0 aromatic rings. The molecule has 1 unspecified atom stereocenters. The van der Waals surface area contributed by atoms with Crippen molar-refractivity contribution < 1.29 is 0 Å². The second-order valence-corrected chi connectivity index (χ2v) is 5.98. The molecular weight excluding hydrogens is 194 g/mol. The highest BCUT2D eigenvalue weighted by Crippen LogP contribution is 2.35. The summed E-state index contributed by atoms with van der Waals surface area (Å²) < 4.78 is 0. The van der Waals surface area contributed by atoms with Crippen LogP contribution < -0.4 is 5.32 Å². The summed E-state index contributed by atoms with van der Waals surface area (Å²) in [6.07, 6.45) is 6.81. The molecule has 0 aliphatic heterocycles. The fraction of sp³-hybridized carbons (Fsp3) is 0.867. The van der Waals surface area contributed by atoms with Crippen LogP contribution in [0.1, 0.15) is 52.9 Å². The van der Waals surface area contributed by atoms with Crippen LogP contribution in [0.4, 0.5) is 0 Å². The van der Waals surface area contributed by atoms with Crippen LogP contribution in [0.5, 0.6) is 0 Å². The molecule has 94 valence electrons. The summed E-state index contributed by atoms with van der Waals surface area (Å²) in [5.74, 6) is 2.71. The maximum absolute atomic E-state index is 4.04. The van der Waals surface area contributed by atoms with E-state index in [0.717, 1.165) is 24.2 Å². The van der Waals surface area contributed by atoms with Crippen molar-refractivity contribution in [3.8, 4) is 0 Å². The van der Waals surface area contributed by atoms with E-state index < -0.39 is 0 Å². The van der Waals surface area contributed by atoms with Crippen LogP contribution >= 0.6 is 0 Å². The highest BCUT2D eigenvalue weighted by Gasteiger charge is 2.27. The Balaban J connectivity index is 2.41. The third-order valence-electron chi connectivity index (χ3n) is 4.27. The van der Waals surface area contributed by atoms with E-state index in [1.807, 2.05) is 0 Å². The van der Waals surface area contributed by atoms with Crippen LogP contribution in [-0.2, 0) is 0 Å². The van der Waals surface area contributed by atoms with E-state index in [9.17, 15) is 0 Å². The van der Waals surface area contributed by atoms with Crippen LogP contribution in [0.3, 0.4) is 0 Å². The average molecular weight is 223 g/mol. The Morgan fingerprint density at radius 3 is 2.06 bits per heavy atom. The molecule has 0 radical (unpaired) electrons. The number of rotatable bonds is 5. The van der Waals surface area contributed by atoms with Crippen LogP contribution in [0.15, 0.2) is 12.2 Å². The van der Waals surface area contributed by atoms with E-state index in [1.165, 1.54) is 31.3 Å². The fourth-order valence-corrected chi connectivity index (χ4v) is 3.09. The molecule has 1 fully saturated rings. The lowest BCUT2D eigenvalue weighted by atomic mass is 9.74. The van der Waals surface area contributed by atoms with E-state index in [4.69, 9.17) is 0 Å². The van der Waals surface area contributed by atoms with Crippen molar-refractivity contribution in [1.29, 1.82) is 0 Å². The molecule has 0 bridgehead atoms. The number of hydrogen-bond donors (Lipinski definition) is 1. The molecule has 0 aromatic carbocycles. The zero-order valence-electron chi connectivity index (χ0n) is 11.6. The smallest absolute Gasteiger partial charge is 0.0129 e. The summed E-state index contributed by atoms with van der Waals surface area (Å²) in [4.78, 5) is 0. The van der Waals surface area contributed by atoms with Crippen LogP contribution in [0, 0.1) is 17.8 Å². The number of nitrogens with one attached hydrogen (secondary N) is 1. The van der Waals surface area contributed by atoms with Crippen molar-refractivity contribution in [2.75, 3.05) is 7.05 Å². The number of hydrogen-bond acceptors (Lipinski definition) is 1. The van der Waals surface area contributed by atoms with Gasteiger partial charge < -0.3 is 5.32 Å². The molecule has 1 atom stereocenters. The van der Waals surface area contributed by atoms with Crippen molar-refractivity contribution in [1.82, 2.24) is 5.32 Å². The third-order valence-corrected chi connectivity index (χ3v) is 4.27. The van der Waals surface area contributed by atoms with Crippen molar-refractivity contribution >= 4 is 0 Å². The van der Waals surface area contributed by atoms with E-state index in [2.05, 4.69) is 39.7 Å². The van der Waals surface area contributed by atoms with Gasteiger partial charge >= 0.3 is 0 Å². The van der Waals surface area contributed by atoms with Gasteiger partial charge in [0, 0.05) is 6.04 Å². The maximum Gasteiger partial charge on any atom is 0.0129 e. The first-order chi connectivity index (χ1) is 7.54. The quantitative estimate of drug-likeness (QED) is 0.695. The van der Waals surface area contributed by atoms with Gasteiger partial charge in [0.25, 0.3) is 0 Å². The highest BCUT2D eigenvalue weighted by molar-refractivity contribution is 4.95. The molecule has 1 aliphatic carbocycles. The summed E-state index contributed by atoms with van der Waals surface area (Å²) in [5, 5.41) is 3.49. The Kier molecular flexibility index (Phi) is 5.54. The fourth-order valence-electron chi connectivity index (χ4n) is 3.09. The summed E-state index contributed by atoms with van der Waals surface area (Å²) in [5.41, 5.74) is 1.31. The molecule has 1 aliphatic rings. The van der Waals surface area contributed by atoms with Crippen LogP contribution in [-0.4, -0.2) is 13.1 Å². The van der Waals surface area contributed by atoms with Gasteiger partial charge in [0.1, 0.15) is 0 Å². The lowest BCUT2D eigenvalue weighted by Crippen LogP contribution is -2.36. The van der Waals surface area contributed by atoms with Gasteiger partial charge in [-0.2, -0.15) is 0 Å². The third kappa shape index (κ3) is 3.93. The average Bonchev–Trinajstić information content (AvgIpc) is 2.25. The molecule has 0 saturated heterocycles. The van der Waals surface area contributed by atoms with Gasteiger partial charge in [-0.15, -0.1) is 6.58 Å². The molecule has 1 rings (SSSR count). The monoisotopic (exact) mass is 223 g/mol. The van der Waals surface area contributed by atoms with Crippen molar-refractivity contribution in [2.24, 2.45) is 17.8 Å². The Bertz CT molecular complexity index is 211. The van der Waals surface area contributed by atoms with Crippen molar-refractivity contribution in [3.05, 3.63) is 12.2 Å². The lowest BCUT2D eigenvalue weighted by molar-refractivity contribution is 0.191. The molecule has 0 spiro atoms. The molecule has 1 heteroatoms. The topological polar surface area (TPSA) is 12.0 Å². The van der Waals surface area contributed by atoms with Crippen molar-refractivity contribution in [2.45, 2.75) is 58.9 Å². The molecule has 16 heavy (non-hydrogen) atoms. The Hall–Kier alpha value is -0.300. The first kappa shape index (κ1) is 13.8. The summed E-state index contributed by atoms with van der Waals surface area (Å²) in [6.45, 7) is 10.9.